The molecule has 0 fully saturated rings. The molecule has 0 saturated carbocycles. The number of nitrogens with one attached hydrogen (secondary N) is 1. The van der Waals surface area contributed by atoms with Gasteiger partial charge in [0.05, 0.1) is 17.8 Å². The predicted octanol–water partition coefficient (Wildman–Crippen LogP) is 2.81. The highest BCUT2D eigenvalue weighted by atomic mass is 19.2. The van der Waals surface area contributed by atoms with Gasteiger partial charge < -0.3 is 10.4 Å². The Kier molecular flexibility index (Phi) is 3.88. The molecule has 0 radical (unpaired) electrons. The average molecular weight is 282 g/mol. The van der Waals surface area contributed by atoms with Crippen molar-refractivity contribution in [3.8, 4) is 0 Å². The summed E-state index contributed by atoms with van der Waals surface area (Å²) in [5.74, 6) is -5.21. The summed E-state index contributed by atoms with van der Waals surface area (Å²) in [4.78, 5) is 14.5. The molecule has 0 saturated heterocycles. The molecule has 104 valence electrons. The molecule has 1 aromatic carbocycles. The Labute approximate surface area is 111 Å². The van der Waals surface area contributed by atoms with Gasteiger partial charge in [-0.1, -0.05) is 0 Å². The highest BCUT2D eigenvalue weighted by Crippen LogP contribution is 2.17. The molecule has 0 aliphatic carbocycles. The lowest BCUT2D eigenvalue weighted by Crippen LogP contribution is -2.05. The zero-order valence-corrected chi connectivity index (χ0v) is 10.0. The van der Waals surface area contributed by atoms with E-state index < -0.39 is 23.4 Å². The Bertz CT molecular complexity index is 622. The topological polar surface area (TPSA) is 62.2 Å². The van der Waals surface area contributed by atoms with Crippen LogP contribution in [0.5, 0.6) is 0 Å². The Balaban J connectivity index is 2.07. The minimum atomic E-state index is -1.53. The van der Waals surface area contributed by atoms with Gasteiger partial charge in [0.1, 0.15) is 0 Å². The van der Waals surface area contributed by atoms with Crippen molar-refractivity contribution in [3.05, 3.63) is 59.2 Å². The van der Waals surface area contributed by atoms with Crippen molar-refractivity contribution >= 4 is 11.7 Å². The molecule has 2 rings (SSSR count). The maximum atomic E-state index is 13.0. The van der Waals surface area contributed by atoms with Gasteiger partial charge in [-0.3, -0.25) is 4.98 Å². The van der Waals surface area contributed by atoms with Gasteiger partial charge in [-0.2, -0.15) is 0 Å². The fourth-order valence-corrected chi connectivity index (χ4v) is 1.51. The van der Waals surface area contributed by atoms with Crippen LogP contribution in [-0.4, -0.2) is 16.1 Å². The largest absolute Gasteiger partial charge is 0.478 e. The number of halogens is 3. The fourth-order valence-electron chi connectivity index (χ4n) is 1.51. The monoisotopic (exact) mass is 282 g/mol. The van der Waals surface area contributed by atoms with Crippen molar-refractivity contribution < 1.29 is 23.1 Å². The maximum absolute atomic E-state index is 13.0. The van der Waals surface area contributed by atoms with E-state index in [2.05, 4.69) is 10.3 Å². The Hall–Kier alpha value is -2.57. The molecule has 0 atom stereocenters. The number of aromatic nitrogens is 1. The lowest BCUT2D eigenvalue weighted by atomic mass is 10.2. The van der Waals surface area contributed by atoms with Gasteiger partial charge in [0.2, 0.25) is 0 Å². The molecule has 7 heteroatoms. The van der Waals surface area contributed by atoms with Gasteiger partial charge in [0, 0.05) is 24.0 Å². The number of carbonyl (C=O) groups is 1. The number of carboxylic acid groups (broad SMARTS) is 1. The van der Waals surface area contributed by atoms with E-state index in [9.17, 15) is 18.0 Å². The van der Waals surface area contributed by atoms with Crippen LogP contribution in [-0.2, 0) is 6.54 Å². The maximum Gasteiger partial charge on any atom is 0.337 e. The van der Waals surface area contributed by atoms with Crippen molar-refractivity contribution in [1.82, 2.24) is 4.98 Å². The molecule has 1 heterocycles. The number of aromatic carboxylic acids is 1. The SMILES string of the molecule is O=C(O)c1ccc(CNc2cc(F)c(F)c(F)c2)nc1. The van der Waals surface area contributed by atoms with Crippen LogP contribution in [0.1, 0.15) is 16.1 Å². The number of carboxylic acids is 1. The molecule has 2 N–H and O–H groups in total. The first-order valence-electron chi connectivity index (χ1n) is 5.54. The lowest BCUT2D eigenvalue weighted by Gasteiger charge is -2.07. The molecular formula is C13H9F3N2O2. The molecule has 0 unspecified atom stereocenters. The van der Waals surface area contributed by atoms with Crippen molar-refractivity contribution in [2.45, 2.75) is 6.54 Å². The summed E-state index contributed by atoms with van der Waals surface area (Å²) in [7, 11) is 0. The predicted molar refractivity (Wildman–Crippen MR) is 64.8 cm³/mol. The minimum Gasteiger partial charge on any atom is -0.478 e. The van der Waals surface area contributed by atoms with Crippen LogP contribution in [0.25, 0.3) is 0 Å². The van der Waals surface area contributed by atoms with Crippen LogP contribution in [0.2, 0.25) is 0 Å². The van der Waals surface area contributed by atoms with Gasteiger partial charge >= 0.3 is 5.97 Å². The van der Waals surface area contributed by atoms with Crippen LogP contribution in [0, 0.1) is 17.5 Å². The summed E-state index contributed by atoms with van der Waals surface area (Å²) >= 11 is 0. The van der Waals surface area contributed by atoms with E-state index in [1.165, 1.54) is 18.3 Å². The minimum absolute atomic E-state index is 0.0348. The third-order valence-electron chi connectivity index (χ3n) is 2.53. The number of hydrogen-bond acceptors (Lipinski definition) is 3. The van der Waals surface area contributed by atoms with Crippen molar-refractivity contribution in [3.63, 3.8) is 0 Å². The zero-order valence-electron chi connectivity index (χ0n) is 10.0. The lowest BCUT2D eigenvalue weighted by molar-refractivity contribution is 0.0696. The summed E-state index contributed by atoms with van der Waals surface area (Å²) in [5, 5.41) is 11.4. The van der Waals surface area contributed by atoms with Crippen LogP contribution in [0.15, 0.2) is 30.5 Å². The first kappa shape index (κ1) is 13.9. The standard InChI is InChI=1S/C13H9F3N2O2/c14-10-3-9(4-11(15)12(10)16)18-6-8-2-1-7(5-17-8)13(19)20/h1-5,18H,6H2,(H,19,20). The molecule has 0 aliphatic heterocycles. The number of anilines is 1. The molecule has 2 aromatic rings. The highest BCUT2D eigenvalue weighted by Gasteiger charge is 2.10. The van der Waals surface area contributed by atoms with Gasteiger partial charge in [-0.15, -0.1) is 0 Å². The summed E-state index contributed by atoms with van der Waals surface area (Å²) < 4.78 is 38.7. The van der Waals surface area contributed by atoms with Gasteiger partial charge in [0.25, 0.3) is 0 Å². The van der Waals surface area contributed by atoms with Gasteiger partial charge in [0.15, 0.2) is 17.5 Å². The number of nitrogens with zero attached hydrogens (tertiary/aromatic N) is 1. The van der Waals surface area contributed by atoms with Gasteiger partial charge in [-0.05, 0) is 12.1 Å². The summed E-state index contributed by atoms with van der Waals surface area (Å²) in [6.07, 6.45) is 1.17. The van der Waals surface area contributed by atoms with E-state index >= 15 is 0 Å². The fraction of sp³-hybridized carbons (Fsp3) is 0.0769. The Morgan fingerprint density at radius 2 is 1.85 bits per heavy atom. The Morgan fingerprint density at radius 1 is 1.20 bits per heavy atom. The van der Waals surface area contributed by atoms with Crippen LogP contribution >= 0.6 is 0 Å². The molecule has 0 amide bonds. The first-order valence-corrected chi connectivity index (χ1v) is 5.54. The number of pyridine rings is 1. The Morgan fingerprint density at radius 3 is 2.35 bits per heavy atom. The first-order chi connectivity index (χ1) is 9.47. The van der Waals surface area contributed by atoms with Crippen molar-refractivity contribution in [2.75, 3.05) is 5.32 Å². The van der Waals surface area contributed by atoms with E-state index in [1.54, 1.807) is 0 Å². The average Bonchev–Trinajstić information content (AvgIpc) is 2.42. The second kappa shape index (κ2) is 5.60. The third-order valence-corrected chi connectivity index (χ3v) is 2.53. The summed E-state index contributed by atoms with van der Waals surface area (Å²) in [5.41, 5.74) is 0.568. The zero-order chi connectivity index (χ0) is 14.7. The quantitative estimate of drug-likeness (QED) is 0.846. The third kappa shape index (κ3) is 3.05. The van der Waals surface area contributed by atoms with E-state index in [4.69, 9.17) is 5.11 Å². The van der Waals surface area contributed by atoms with E-state index in [-0.39, 0.29) is 17.8 Å². The van der Waals surface area contributed by atoms with Crippen LogP contribution in [0.3, 0.4) is 0 Å². The van der Waals surface area contributed by atoms with E-state index in [0.717, 1.165) is 12.1 Å². The van der Waals surface area contributed by atoms with E-state index in [0.29, 0.717) is 5.69 Å². The molecule has 0 spiro atoms. The number of benzene rings is 1. The second-order valence-corrected chi connectivity index (χ2v) is 3.95. The second-order valence-electron chi connectivity index (χ2n) is 3.95. The van der Waals surface area contributed by atoms with Crippen molar-refractivity contribution in [2.24, 2.45) is 0 Å². The molecular weight excluding hydrogens is 273 g/mol. The van der Waals surface area contributed by atoms with Crippen LogP contribution < -0.4 is 5.32 Å². The molecule has 20 heavy (non-hydrogen) atoms. The molecule has 0 bridgehead atoms. The molecule has 4 nitrogen and oxygen atoms in total. The highest BCUT2D eigenvalue weighted by molar-refractivity contribution is 5.87. The summed E-state index contributed by atoms with van der Waals surface area (Å²) in [6.45, 7) is 0.115. The van der Waals surface area contributed by atoms with Crippen LogP contribution in [0.4, 0.5) is 18.9 Å². The summed E-state index contributed by atoms with van der Waals surface area (Å²) in [6, 6.07) is 4.47. The van der Waals surface area contributed by atoms with Crippen molar-refractivity contribution in [1.29, 1.82) is 0 Å². The number of hydrogen-bond donors (Lipinski definition) is 2. The van der Waals surface area contributed by atoms with E-state index in [1.807, 2.05) is 0 Å². The molecule has 1 aromatic heterocycles. The molecule has 0 aliphatic rings. The normalized spacial score (nSPS) is 10.3. The number of rotatable bonds is 4. The smallest absolute Gasteiger partial charge is 0.337 e. The van der Waals surface area contributed by atoms with Gasteiger partial charge in [-0.25, -0.2) is 18.0 Å².